The molecule has 1 atom stereocenters. The first-order valence-electron chi connectivity index (χ1n) is 10.4. The molecule has 2 rings (SSSR count). The molecule has 1 aliphatic rings. The number of rotatable bonds is 8. The van der Waals surface area contributed by atoms with Gasteiger partial charge in [-0.05, 0) is 66.9 Å². The number of carbonyl (C=O) groups is 3. The third kappa shape index (κ3) is 3.87. The highest BCUT2D eigenvalue weighted by atomic mass is 16.5. The van der Waals surface area contributed by atoms with E-state index in [2.05, 4.69) is 0 Å². The summed E-state index contributed by atoms with van der Waals surface area (Å²) in [6.07, 6.45) is 2.88. The first-order valence-corrected chi connectivity index (χ1v) is 10.4. The molecule has 1 aromatic rings. The van der Waals surface area contributed by atoms with Crippen LogP contribution in [0.3, 0.4) is 0 Å². The van der Waals surface area contributed by atoms with Gasteiger partial charge in [0.2, 0.25) is 5.91 Å². The Hall–Kier alpha value is -2.11. The molecular formula is C22H34N2O4. The number of aromatic nitrogens is 1. The van der Waals surface area contributed by atoms with Crippen molar-refractivity contribution in [1.82, 2.24) is 9.47 Å². The Labute approximate surface area is 168 Å². The van der Waals surface area contributed by atoms with Crippen LogP contribution in [0.25, 0.3) is 0 Å². The molecule has 1 aliphatic carbocycles. The molecule has 0 radical (unpaired) electrons. The Morgan fingerprint density at radius 2 is 1.75 bits per heavy atom. The van der Waals surface area contributed by atoms with Gasteiger partial charge in [-0.3, -0.25) is 9.59 Å². The Balaban J connectivity index is 2.44. The Kier molecular flexibility index (Phi) is 7.07. The van der Waals surface area contributed by atoms with Crippen LogP contribution in [0, 0.1) is 19.8 Å². The number of amides is 1. The van der Waals surface area contributed by atoms with E-state index in [9.17, 15) is 14.4 Å². The van der Waals surface area contributed by atoms with Gasteiger partial charge in [-0.25, -0.2) is 4.79 Å². The second kappa shape index (κ2) is 8.93. The summed E-state index contributed by atoms with van der Waals surface area (Å²) >= 11 is 0. The SMILES string of the molecule is CCOC(=O)c1c(C)c(C(=O)C(C)N(C(=O)C2CCC2)C(C)C)c(C)n1CC. The van der Waals surface area contributed by atoms with Gasteiger partial charge in [0.25, 0.3) is 0 Å². The Morgan fingerprint density at radius 3 is 2.18 bits per heavy atom. The molecule has 6 heteroatoms. The molecule has 1 aromatic heterocycles. The first kappa shape index (κ1) is 22.2. The van der Waals surface area contributed by atoms with Crippen molar-refractivity contribution < 1.29 is 19.1 Å². The molecular weight excluding hydrogens is 356 g/mol. The van der Waals surface area contributed by atoms with Crippen molar-refractivity contribution in [3.05, 3.63) is 22.5 Å². The van der Waals surface area contributed by atoms with Gasteiger partial charge in [0.05, 0.1) is 12.6 Å². The average molecular weight is 391 g/mol. The highest BCUT2D eigenvalue weighted by Crippen LogP contribution is 2.31. The maximum absolute atomic E-state index is 13.5. The largest absolute Gasteiger partial charge is 0.461 e. The monoisotopic (exact) mass is 390 g/mol. The molecule has 0 aromatic carbocycles. The van der Waals surface area contributed by atoms with Crippen molar-refractivity contribution >= 4 is 17.7 Å². The summed E-state index contributed by atoms with van der Waals surface area (Å²) in [5, 5.41) is 0. The van der Waals surface area contributed by atoms with Crippen molar-refractivity contribution in [2.75, 3.05) is 6.61 Å². The third-order valence-corrected chi connectivity index (χ3v) is 5.86. The minimum Gasteiger partial charge on any atom is -0.461 e. The standard InChI is InChI=1S/C22H34N2O4/c1-8-23-15(6)18(14(5)19(23)22(27)28-9-2)20(25)16(7)24(13(3)4)21(26)17-11-10-12-17/h13,16-17H,8-12H2,1-7H3. The number of hydrogen-bond acceptors (Lipinski definition) is 4. The molecule has 0 aliphatic heterocycles. The molecule has 1 amide bonds. The lowest BCUT2D eigenvalue weighted by molar-refractivity contribution is -0.141. The highest BCUT2D eigenvalue weighted by molar-refractivity contribution is 6.06. The minimum absolute atomic E-state index is 0.0372. The summed E-state index contributed by atoms with van der Waals surface area (Å²) in [5.41, 5.74) is 2.34. The van der Waals surface area contributed by atoms with Crippen LogP contribution in [0.1, 0.15) is 86.0 Å². The van der Waals surface area contributed by atoms with Gasteiger partial charge in [-0.1, -0.05) is 6.42 Å². The fourth-order valence-electron chi connectivity index (χ4n) is 4.21. The van der Waals surface area contributed by atoms with Crippen molar-refractivity contribution in [3.8, 4) is 0 Å². The molecule has 28 heavy (non-hydrogen) atoms. The van der Waals surface area contributed by atoms with Gasteiger partial charge in [0.15, 0.2) is 5.78 Å². The number of ether oxygens (including phenoxy) is 1. The third-order valence-electron chi connectivity index (χ3n) is 5.86. The smallest absolute Gasteiger partial charge is 0.355 e. The van der Waals surface area contributed by atoms with E-state index in [-0.39, 0.29) is 30.3 Å². The van der Waals surface area contributed by atoms with Gasteiger partial charge >= 0.3 is 5.97 Å². The fraction of sp³-hybridized carbons (Fsp3) is 0.682. The summed E-state index contributed by atoms with van der Waals surface area (Å²) in [5.74, 6) is -0.426. The lowest BCUT2D eigenvalue weighted by atomic mass is 9.83. The fourth-order valence-corrected chi connectivity index (χ4v) is 4.21. The predicted octanol–water partition coefficient (Wildman–Crippen LogP) is 3.91. The van der Waals surface area contributed by atoms with E-state index in [1.54, 1.807) is 25.7 Å². The van der Waals surface area contributed by atoms with Gasteiger partial charge in [-0.2, -0.15) is 0 Å². The van der Waals surface area contributed by atoms with Gasteiger partial charge < -0.3 is 14.2 Å². The van der Waals surface area contributed by atoms with Crippen molar-refractivity contribution in [2.45, 2.75) is 86.4 Å². The number of esters is 1. The van der Waals surface area contributed by atoms with Gasteiger partial charge in [0.1, 0.15) is 5.69 Å². The molecule has 1 unspecified atom stereocenters. The molecule has 0 N–H and O–H groups in total. The highest BCUT2D eigenvalue weighted by Gasteiger charge is 2.37. The number of nitrogens with zero attached hydrogens (tertiary/aromatic N) is 2. The molecule has 1 fully saturated rings. The van der Waals surface area contributed by atoms with Crippen LogP contribution >= 0.6 is 0 Å². The summed E-state index contributed by atoms with van der Waals surface area (Å²) in [4.78, 5) is 40.6. The second-order valence-corrected chi connectivity index (χ2v) is 7.91. The molecule has 1 heterocycles. The molecule has 0 spiro atoms. The van der Waals surface area contributed by atoms with E-state index in [1.165, 1.54) is 0 Å². The summed E-state index contributed by atoms with van der Waals surface area (Å²) in [7, 11) is 0. The zero-order valence-electron chi connectivity index (χ0n) is 18.3. The number of carbonyl (C=O) groups excluding carboxylic acids is 3. The number of ketones is 1. The minimum atomic E-state index is -0.576. The predicted molar refractivity (Wildman–Crippen MR) is 109 cm³/mol. The molecule has 6 nitrogen and oxygen atoms in total. The van der Waals surface area contributed by atoms with E-state index in [0.717, 1.165) is 25.0 Å². The van der Waals surface area contributed by atoms with Crippen LogP contribution in [-0.2, 0) is 16.1 Å². The second-order valence-electron chi connectivity index (χ2n) is 7.91. The van der Waals surface area contributed by atoms with E-state index < -0.39 is 12.0 Å². The van der Waals surface area contributed by atoms with Crippen LogP contribution in [-0.4, -0.2) is 45.8 Å². The lowest BCUT2D eigenvalue weighted by Gasteiger charge is -2.37. The zero-order chi connectivity index (χ0) is 21.2. The maximum Gasteiger partial charge on any atom is 0.355 e. The topological polar surface area (TPSA) is 68.6 Å². The van der Waals surface area contributed by atoms with Crippen molar-refractivity contribution in [2.24, 2.45) is 5.92 Å². The molecule has 1 saturated carbocycles. The maximum atomic E-state index is 13.5. The molecule has 156 valence electrons. The van der Waals surface area contributed by atoms with Gasteiger partial charge in [0, 0.05) is 29.8 Å². The molecule has 0 bridgehead atoms. The first-order chi connectivity index (χ1) is 13.2. The van der Waals surface area contributed by atoms with Gasteiger partial charge in [-0.15, -0.1) is 0 Å². The summed E-state index contributed by atoms with van der Waals surface area (Å²) in [6, 6.07) is -0.640. The van der Waals surface area contributed by atoms with E-state index in [4.69, 9.17) is 4.74 Å². The van der Waals surface area contributed by atoms with Crippen LogP contribution in [0.5, 0.6) is 0 Å². The number of Topliss-reactive ketones (excluding diaryl/α,β-unsaturated/α-hetero) is 1. The average Bonchev–Trinajstić information content (AvgIpc) is 2.82. The van der Waals surface area contributed by atoms with Crippen LogP contribution in [0.2, 0.25) is 0 Å². The lowest BCUT2D eigenvalue weighted by Crippen LogP contribution is -2.50. The zero-order valence-corrected chi connectivity index (χ0v) is 18.3. The van der Waals surface area contributed by atoms with E-state index >= 15 is 0 Å². The normalized spacial score (nSPS) is 15.3. The van der Waals surface area contributed by atoms with Crippen molar-refractivity contribution in [1.29, 1.82) is 0 Å². The van der Waals surface area contributed by atoms with E-state index in [1.807, 2.05) is 32.3 Å². The van der Waals surface area contributed by atoms with Crippen LogP contribution in [0.4, 0.5) is 0 Å². The quantitative estimate of drug-likeness (QED) is 0.498. The Morgan fingerprint density at radius 1 is 1.14 bits per heavy atom. The van der Waals surface area contributed by atoms with E-state index in [0.29, 0.717) is 23.4 Å². The van der Waals surface area contributed by atoms with Crippen LogP contribution in [0.15, 0.2) is 0 Å². The number of hydrogen-bond donors (Lipinski definition) is 0. The summed E-state index contributed by atoms with van der Waals surface area (Å²) in [6.45, 7) is 13.9. The molecule has 0 saturated heterocycles. The van der Waals surface area contributed by atoms with Crippen LogP contribution < -0.4 is 0 Å². The summed E-state index contributed by atoms with van der Waals surface area (Å²) < 4.78 is 7.04. The van der Waals surface area contributed by atoms with Crippen molar-refractivity contribution in [3.63, 3.8) is 0 Å². The Bertz CT molecular complexity index is 759.